The molecule has 1 nitrogen and oxygen atoms in total. The smallest absolute Gasteiger partial charge is 0.0295 e. The molecule has 0 aliphatic heterocycles. The Morgan fingerprint density at radius 2 is 2.12 bits per heavy atom. The molecule has 1 atom stereocenters. The Labute approximate surface area is 107 Å². The highest BCUT2D eigenvalue weighted by atomic mass is 32.1. The Balaban J connectivity index is 1.83. The lowest BCUT2D eigenvalue weighted by Crippen LogP contribution is -2.10. The van der Waals surface area contributed by atoms with E-state index in [-0.39, 0.29) is 6.04 Å². The average Bonchev–Trinajstić information content (AvgIpc) is 2.82. The molecule has 17 heavy (non-hydrogen) atoms. The summed E-state index contributed by atoms with van der Waals surface area (Å²) in [6, 6.07) is 13.0. The van der Waals surface area contributed by atoms with Crippen LogP contribution in [0.3, 0.4) is 0 Å². The highest BCUT2D eigenvalue weighted by Gasteiger charge is 2.05. The molecule has 1 unspecified atom stereocenters. The van der Waals surface area contributed by atoms with E-state index in [1.807, 2.05) is 11.3 Å². The van der Waals surface area contributed by atoms with E-state index in [4.69, 9.17) is 5.73 Å². The minimum atomic E-state index is 0.176. The van der Waals surface area contributed by atoms with E-state index in [1.54, 1.807) is 0 Å². The van der Waals surface area contributed by atoms with Crippen molar-refractivity contribution in [2.24, 2.45) is 5.73 Å². The van der Waals surface area contributed by atoms with Gasteiger partial charge < -0.3 is 5.73 Å². The molecule has 0 bridgehead atoms. The van der Waals surface area contributed by atoms with Crippen LogP contribution in [0.4, 0.5) is 0 Å². The molecule has 0 radical (unpaired) electrons. The molecule has 1 aromatic heterocycles. The van der Waals surface area contributed by atoms with Gasteiger partial charge >= 0.3 is 0 Å². The summed E-state index contributed by atoms with van der Waals surface area (Å²) in [5, 5.41) is 2.13. The highest BCUT2D eigenvalue weighted by molar-refractivity contribution is 7.09. The van der Waals surface area contributed by atoms with Crippen LogP contribution in [-0.4, -0.2) is 0 Å². The molecule has 2 N–H and O–H groups in total. The van der Waals surface area contributed by atoms with Crippen LogP contribution < -0.4 is 5.73 Å². The summed E-state index contributed by atoms with van der Waals surface area (Å²) >= 11 is 1.83. The Morgan fingerprint density at radius 1 is 1.24 bits per heavy atom. The fourth-order valence-corrected chi connectivity index (χ4v) is 2.77. The zero-order valence-electron chi connectivity index (χ0n) is 10.2. The standard InChI is InChI=1S/C15H19NS/c1-12-5-2-6-13(11-12)15(16)9-3-7-14-8-4-10-17-14/h2,4-6,8,10-11,15H,3,7,9,16H2,1H3. The van der Waals surface area contributed by atoms with Crippen LogP contribution in [0.5, 0.6) is 0 Å². The molecule has 1 heterocycles. The van der Waals surface area contributed by atoms with Crippen molar-refractivity contribution in [3.8, 4) is 0 Å². The largest absolute Gasteiger partial charge is 0.324 e. The summed E-state index contributed by atoms with van der Waals surface area (Å²) in [5.41, 5.74) is 8.76. The second kappa shape index (κ2) is 5.99. The van der Waals surface area contributed by atoms with Gasteiger partial charge in [0, 0.05) is 10.9 Å². The predicted octanol–water partition coefficient (Wildman–Crippen LogP) is 4.08. The summed E-state index contributed by atoms with van der Waals surface area (Å²) in [6.07, 6.45) is 3.37. The van der Waals surface area contributed by atoms with Gasteiger partial charge in [-0.1, -0.05) is 35.9 Å². The maximum absolute atomic E-state index is 6.21. The average molecular weight is 245 g/mol. The van der Waals surface area contributed by atoms with Crippen molar-refractivity contribution < 1.29 is 0 Å². The van der Waals surface area contributed by atoms with Crippen LogP contribution in [0.1, 0.15) is 34.9 Å². The summed E-state index contributed by atoms with van der Waals surface area (Å²) in [6.45, 7) is 2.11. The lowest BCUT2D eigenvalue weighted by molar-refractivity contribution is 0.613. The molecule has 2 heteroatoms. The second-order valence-corrected chi connectivity index (χ2v) is 5.52. The molecule has 0 fully saturated rings. The van der Waals surface area contributed by atoms with Crippen molar-refractivity contribution in [1.29, 1.82) is 0 Å². The first-order chi connectivity index (χ1) is 8.25. The summed E-state index contributed by atoms with van der Waals surface area (Å²) < 4.78 is 0. The van der Waals surface area contributed by atoms with Crippen LogP contribution in [0.15, 0.2) is 41.8 Å². The SMILES string of the molecule is Cc1cccc(C(N)CCCc2cccs2)c1. The normalized spacial score (nSPS) is 12.6. The van der Waals surface area contributed by atoms with E-state index in [2.05, 4.69) is 48.7 Å². The van der Waals surface area contributed by atoms with Gasteiger partial charge in [-0.2, -0.15) is 0 Å². The molecular weight excluding hydrogens is 226 g/mol. The lowest BCUT2D eigenvalue weighted by atomic mass is 10.00. The van der Waals surface area contributed by atoms with E-state index in [9.17, 15) is 0 Å². The van der Waals surface area contributed by atoms with Gasteiger partial charge in [0.15, 0.2) is 0 Å². The van der Waals surface area contributed by atoms with Gasteiger partial charge in [0.1, 0.15) is 0 Å². The minimum absolute atomic E-state index is 0.176. The van der Waals surface area contributed by atoms with Crippen molar-refractivity contribution in [2.75, 3.05) is 0 Å². The lowest BCUT2D eigenvalue weighted by Gasteiger charge is -2.12. The molecule has 0 spiro atoms. The molecule has 0 aliphatic carbocycles. The first-order valence-electron chi connectivity index (χ1n) is 6.10. The maximum Gasteiger partial charge on any atom is 0.0295 e. The Bertz CT molecular complexity index is 448. The second-order valence-electron chi connectivity index (χ2n) is 4.49. The Hall–Kier alpha value is -1.12. The zero-order chi connectivity index (χ0) is 12.1. The van der Waals surface area contributed by atoms with Crippen LogP contribution in [0.25, 0.3) is 0 Å². The number of hydrogen-bond acceptors (Lipinski definition) is 2. The molecule has 2 aromatic rings. The van der Waals surface area contributed by atoms with Gasteiger partial charge in [0.25, 0.3) is 0 Å². The van der Waals surface area contributed by atoms with Gasteiger partial charge in [0.2, 0.25) is 0 Å². The maximum atomic E-state index is 6.21. The monoisotopic (exact) mass is 245 g/mol. The molecular formula is C15H19NS. The zero-order valence-corrected chi connectivity index (χ0v) is 11.0. The van der Waals surface area contributed by atoms with Crippen LogP contribution in [0, 0.1) is 6.92 Å². The molecule has 0 saturated carbocycles. The molecule has 0 amide bonds. The van der Waals surface area contributed by atoms with Gasteiger partial charge in [-0.15, -0.1) is 11.3 Å². The topological polar surface area (TPSA) is 26.0 Å². The number of aryl methyl sites for hydroxylation is 2. The molecule has 1 aromatic carbocycles. The quantitative estimate of drug-likeness (QED) is 0.844. The van der Waals surface area contributed by atoms with Gasteiger partial charge in [-0.05, 0) is 43.2 Å². The van der Waals surface area contributed by atoms with Crippen LogP contribution in [-0.2, 0) is 6.42 Å². The van der Waals surface area contributed by atoms with Crippen LogP contribution in [0.2, 0.25) is 0 Å². The summed E-state index contributed by atoms with van der Waals surface area (Å²) in [5.74, 6) is 0. The Kier molecular flexibility index (Phi) is 4.35. The number of nitrogens with two attached hydrogens (primary N) is 1. The third kappa shape index (κ3) is 3.69. The first kappa shape index (κ1) is 12.3. The summed E-state index contributed by atoms with van der Waals surface area (Å²) in [4.78, 5) is 1.46. The number of rotatable bonds is 5. The summed E-state index contributed by atoms with van der Waals surface area (Å²) in [7, 11) is 0. The third-order valence-corrected chi connectivity index (χ3v) is 3.92. The van der Waals surface area contributed by atoms with Crippen molar-refractivity contribution in [3.63, 3.8) is 0 Å². The number of hydrogen-bond donors (Lipinski definition) is 1. The fourth-order valence-electron chi connectivity index (χ4n) is 2.02. The molecule has 0 saturated heterocycles. The third-order valence-electron chi connectivity index (χ3n) is 2.99. The van der Waals surface area contributed by atoms with Gasteiger partial charge in [-0.25, -0.2) is 0 Å². The Morgan fingerprint density at radius 3 is 2.82 bits per heavy atom. The van der Waals surface area contributed by atoms with Crippen molar-refractivity contribution in [2.45, 2.75) is 32.2 Å². The van der Waals surface area contributed by atoms with Crippen molar-refractivity contribution >= 4 is 11.3 Å². The minimum Gasteiger partial charge on any atom is -0.324 e. The first-order valence-corrected chi connectivity index (χ1v) is 6.98. The predicted molar refractivity (Wildman–Crippen MR) is 75.4 cm³/mol. The van der Waals surface area contributed by atoms with E-state index in [1.165, 1.54) is 16.0 Å². The molecule has 90 valence electrons. The fraction of sp³-hybridized carbons (Fsp3) is 0.333. The highest BCUT2D eigenvalue weighted by Crippen LogP contribution is 2.19. The van der Waals surface area contributed by atoms with E-state index in [0.29, 0.717) is 0 Å². The van der Waals surface area contributed by atoms with Crippen LogP contribution >= 0.6 is 11.3 Å². The molecule has 2 rings (SSSR count). The van der Waals surface area contributed by atoms with Crippen molar-refractivity contribution in [3.05, 3.63) is 57.8 Å². The van der Waals surface area contributed by atoms with E-state index < -0.39 is 0 Å². The van der Waals surface area contributed by atoms with E-state index >= 15 is 0 Å². The van der Waals surface area contributed by atoms with Crippen molar-refractivity contribution in [1.82, 2.24) is 0 Å². The number of thiophene rings is 1. The number of benzene rings is 1. The van der Waals surface area contributed by atoms with E-state index in [0.717, 1.165) is 19.3 Å². The van der Waals surface area contributed by atoms with Gasteiger partial charge in [0.05, 0.1) is 0 Å². The van der Waals surface area contributed by atoms with Gasteiger partial charge in [-0.3, -0.25) is 0 Å². The molecule has 0 aliphatic rings.